The van der Waals surface area contributed by atoms with Crippen LogP contribution in [0.15, 0.2) is 42.2 Å². The number of carbonyl (C=O) groups excluding carboxylic acids is 1. The second-order valence-electron chi connectivity index (χ2n) is 5.35. The number of phenols is 1. The Labute approximate surface area is 132 Å². The van der Waals surface area contributed by atoms with Crippen molar-refractivity contribution in [2.24, 2.45) is 0 Å². The molecule has 0 saturated carbocycles. The largest absolute Gasteiger partial charge is 0.508 e. The fraction of sp³-hybridized carbons (Fsp3) is 0.167. The van der Waals surface area contributed by atoms with E-state index < -0.39 is 0 Å². The van der Waals surface area contributed by atoms with E-state index in [9.17, 15) is 9.90 Å². The van der Waals surface area contributed by atoms with Gasteiger partial charge in [0, 0.05) is 18.1 Å². The Kier molecular flexibility index (Phi) is 3.19. The van der Waals surface area contributed by atoms with Crippen molar-refractivity contribution in [2.45, 2.75) is 6.42 Å². The summed E-state index contributed by atoms with van der Waals surface area (Å²) in [5, 5.41) is 9.50. The summed E-state index contributed by atoms with van der Waals surface area (Å²) in [4.78, 5) is 12.4. The van der Waals surface area contributed by atoms with Crippen molar-refractivity contribution in [1.82, 2.24) is 0 Å². The Morgan fingerprint density at radius 3 is 2.83 bits per heavy atom. The molecule has 0 amide bonds. The van der Waals surface area contributed by atoms with Crippen molar-refractivity contribution in [3.05, 3.63) is 53.3 Å². The summed E-state index contributed by atoms with van der Waals surface area (Å²) in [5.74, 6) is 1.69. The first kappa shape index (κ1) is 13.7. The van der Waals surface area contributed by atoms with Crippen molar-refractivity contribution >= 4 is 11.9 Å². The van der Waals surface area contributed by atoms with Gasteiger partial charge < -0.3 is 19.3 Å². The summed E-state index contributed by atoms with van der Waals surface area (Å²) in [7, 11) is 0. The Hall–Kier alpha value is -2.95. The number of fused-ring (bicyclic) bond motifs is 2. The fourth-order valence-electron chi connectivity index (χ4n) is 2.65. The molecular weight excluding hydrogens is 296 g/mol. The highest BCUT2D eigenvalue weighted by Gasteiger charge is 2.28. The topological polar surface area (TPSA) is 65.0 Å². The minimum absolute atomic E-state index is 0.0584. The normalized spacial score (nSPS) is 17.6. The average Bonchev–Trinajstić information content (AvgIpc) is 2.73. The molecule has 0 radical (unpaired) electrons. The first-order valence-corrected chi connectivity index (χ1v) is 7.38. The quantitative estimate of drug-likeness (QED) is 0.820. The predicted octanol–water partition coefficient (Wildman–Crippen LogP) is 3.17. The van der Waals surface area contributed by atoms with Crippen LogP contribution < -0.4 is 14.2 Å². The van der Waals surface area contributed by atoms with E-state index in [1.807, 2.05) is 18.2 Å². The number of benzene rings is 2. The van der Waals surface area contributed by atoms with Gasteiger partial charge in [0.1, 0.15) is 11.5 Å². The molecule has 0 saturated heterocycles. The van der Waals surface area contributed by atoms with E-state index in [0.29, 0.717) is 36.0 Å². The van der Waals surface area contributed by atoms with E-state index >= 15 is 0 Å². The molecule has 5 nitrogen and oxygen atoms in total. The number of ether oxygens (including phenoxy) is 3. The van der Waals surface area contributed by atoms with Gasteiger partial charge in [-0.1, -0.05) is 12.1 Å². The van der Waals surface area contributed by atoms with Crippen LogP contribution in [-0.4, -0.2) is 24.1 Å². The van der Waals surface area contributed by atoms with Gasteiger partial charge in [0.25, 0.3) is 0 Å². The lowest BCUT2D eigenvalue weighted by atomic mass is 10.1. The molecule has 2 aliphatic rings. The van der Waals surface area contributed by atoms with E-state index in [1.54, 1.807) is 12.1 Å². The molecule has 116 valence electrons. The number of hydrogen-bond donors (Lipinski definition) is 1. The Bertz CT molecular complexity index is 822. The first-order valence-electron chi connectivity index (χ1n) is 7.38. The van der Waals surface area contributed by atoms with Crippen LogP contribution in [0.5, 0.6) is 23.0 Å². The van der Waals surface area contributed by atoms with Crippen LogP contribution >= 0.6 is 0 Å². The monoisotopic (exact) mass is 310 g/mol. The van der Waals surface area contributed by atoms with Crippen LogP contribution in [0.25, 0.3) is 6.08 Å². The third kappa shape index (κ3) is 2.40. The van der Waals surface area contributed by atoms with Crippen LogP contribution in [0.3, 0.4) is 0 Å². The van der Waals surface area contributed by atoms with Crippen LogP contribution in [-0.2, 0) is 0 Å². The minimum Gasteiger partial charge on any atom is -0.508 e. The van der Waals surface area contributed by atoms with Gasteiger partial charge in [0.05, 0.1) is 18.8 Å². The lowest BCUT2D eigenvalue weighted by Crippen LogP contribution is -2.00. The fourth-order valence-corrected chi connectivity index (χ4v) is 2.65. The number of allylic oxidation sites excluding steroid dienone is 1. The van der Waals surface area contributed by atoms with Crippen molar-refractivity contribution < 1.29 is 24.1 Å². The highest BCUT2D eigenvalue weighted by atomic mass is 16.5. The van der Waals surface area contributed by atoms with E-state index in [-0.39, 0.29) is 17.3 Å². The maximum Gasteiger partial charge on any atom is 0.231 e. The zero-order valence-electron chi connectivity index (χ0n) is 12.2. The van der Waals surface area contributed by atoms with Crippen LogP contribution in [0.2, 0.25) is 0 Å². The summed E-state index contributed by atoms with van der Waals surface area (Å²) in [6.45, 7) is 1.17. The van der Waals surface area contributed by atoms with Gasteiger partial charge in [-0.2, -0.15) is 0 Å². The minimum atomic E-state index is -0.216. The number of Topliss-reactive ketones (excluding diaryl/α,β-unsaturated/α-hetero) is 1. The van der Waals surface area contributed by atoms with Crippen molar-refractivity contribution in [1.29, 1.82) is 0 Å². The van der Waals surface area contributed by atoms with Gasteiger partial charge in [-0.15, -0.1) is 0 Å². The molecular formula is C18H14O5. The maximum absolute atomic E-state index is 12.4. The van der Waals surface area contributed by atoms with Crippen molar-refractivity contribution in [3.63, 3.8) is 0 Å². The Morgan fingerprint density at radius 1 is 1.04 bits per heavy atom. The van der Waals surface area contributed by atoms with E-state index in [0.717, 1.165) is 12.0 Å². The smallest absolute Gasteiger partial charge is 0.231 e. The molecule has 2 heterocycles. The summed E-state index contributed by atoms with van der Waals surface area (Å²) in [5.41, 5.74) is 1.16. The summed E-state index contributed by atoms with van der Waals surface area (Å²) in [6.07, 6.45) is 2.46. The molecule has 1 N–H and O–H groups in total. The molecule has 23 heavy (non-hydrogen) atoms. The number of ketones is 1. The van der Waals surface area contributed by atoms with Crippen LogP contribution in [0, 0.1) is 0 Å². The van der Waals surface area contributed by atoms with Gasteiger partial charge in [-0.3, -0.25) is 4.79 Å². The van der Waals surface area contributed by atoms with Gasteiger partial charge in [-0.05, 0) is 24.3 Å². The lowest BCUT2D eigenvalue weighted by molar-refractivity contribution is 0.101. The molecule has 0 aromatic heterocycles. The Balaban J connectivity index is 1.74. The molecule has 0 aliphatic carbocycles. The van der Waals surface area contributed by atoms with Crippen LogP contribution in [0.4, 0.5) is 0 Å². The molecule has 0 atom stereocenters. The number of carbonyl (C=O) groups is 1. The lowest BCUT2D eigenvalue weighted by Gasteiger charge is -2.10. The number of rotatable bonds is 1. The van der Waals surface area contributed by atoms with Gasteiger partial charge in [-0.25, -0.2) is 0 Å². The highest BCUT2D eigenvalue weighted by Crippen LogP contribution is 2.38. The van der Waals surface area contributed by atoms with Gasteiger partial charge >= 0.3 is 0 Å². The van der Waals surface area contributed by atoms with Crippen LogP contribution in [0.1, 0.15) is 22.3 Å². The third-order valence-corrected chi connectivity index (χ3v) is 3.74. The molecule has 0 unspecified atom stereocenters. The molecule has 2 aromatic rings. The summed E-state index contributed by atoms with van der Waals surface area (Å²) >= 11 is 0. The predicted molar refractivity (Wildman–Crippen MR) is 83.1 cm³/mol. The SMILES string of the molecule is O=C1/C(=C\c2cccc3c2OCCCO3)Oc2cc(O)ccc21. The van der Waals surface area contributed by atoms with Gasteiger partial charge in [0.15, 0.2) is 17.3 Å². The second-order valence-corrected chi connectivity index (χ2v) is 5.35. The summed E-state index contributed by atoms with van der Waals surface area (Å²) < 4.78 is 17.0. The number of hydrogen-bond acceptors (Lipinski definition) is 5. The van der Waals surface area contributed by atoms with E-state index in [2.05, 4.69) is 0 Å². The molecule has 0 fully saturated rings. The molecule has 0 bridgehead atoms. The van der Waals surface area contributed by atoms with Crippen molar-refractivity contribution in [3.8, 4) is 23.0 Å². The van der Waals surface area contributed by atoms with E-state index in [4.69, 9.17) is 14.2 Å². The summed E-state index contributed by atoms with van der Waals surface area (Å²) in [6, 6.07) is 9.98. The zero-order chi connectivity index (χ0) is 15.8. The first-order chi connectivity index (χ1) is 11.2. The average molecular weight is 310 g/mol. The van der Waals surface area contributed by atoms with Crippen molar-refractivity contribution in [2.75, 3.05) is 13.2 Å². The standard InChI is InChI=1S/C18H14O5/c19-12-5-6-13-15(10-12)23-16(17(13)20)9-11-3-1-4-14-18(11)22-8-2-7-21-14/h1,3-6,9-10,19H,2,7-8H2/b16-9+. The highest BCUT2D eigenvalue weighted by molar-refractivity contribution is 6.14. The third-order valence-electron chi connectivity index (χ3n) is 3.74. The molecule has 2 aromatic carbocycles. The number of para-hydroxylation sites is 1. The molecule has 2 aliphatic heterocycles. The number of aromatic hydroxyl groups is 1. The Morgan fingerprint density at radius 2 is 1.91 bits per heavy atom. The zero-order valence-corrected chi connectivity index (χ0v) is 12.2. The maximum atomic E-state index is 12.4. The van der Waals surface area contributed by atoms with Gasteiger partial charge in [0.2, 0.25) is 5.78 Å². The second kappa shape index (κ2) is 5.35. The molecule has 4 rings (SSSR count). The van der Waals surface area contributed by atoms with E-state index in [1.165, 1.54) is 12.1 Å². The molecule has 5 heteroatoms. The number of phenolic OH excluding ortho intramolecular Hbond substituents is 1. The molecule has 0 spiro atoms.